The number of anilines is 1. The number of nitrogens with one attached hydrogen (secondary N) is 1. The van der Waals surface area contributed by atoms with Crippen LogP contribution in [0.4, 0.5) is 5.69 Å². The molecule has 8 nitrogen and oxygen atoms in total. The summed E-state index contributed by atoms with van der Waals surface area (Å²) in [6.45, 7) is 0. The highest BCUT2D eigenvalue weighted by Gasteiger charge is 2.27. The number of carboxylic acid groups (broad SMARTS) is 1. The number of carbonyl (C=O) groups is 2. The van der Waals surface area contributed by atoms with Gasteiger partial charge in [-0.25, -0.2) is 14.6 Å². The minimum absolute atomic E-state index is 0.0589. The van der Waals surface area contributed by atoms with E-state index in [1.807, 2.05) is 48.5 Å². The fourth-order valence-corrected chi connectivity index (χ4v) is 4.73. The molecular weight excluding hydrogens is 514 g/mol. The number of pyridine rings is 1. The van der Waals surface area contributed by atoms with Crippen LogP contribution in [0, 0.1) is 0 Å². The first-order valence-electron chi connectivity index (χ1n) is 12.1. The van der Waals surface area contributed by atoms with Crippen LogP contribution in [0.3, 0.4) is 0 Å². The van der Waals surface area contributed by atoms with E-state index in [0.717, 1.165) is 27.9 Å². The van der Waals surface area contributed by atoms with Gasteiger partial charge in [0, 0.05) is 5.56 Å². The molecule has 0 radical (unpaired) electrons. The minimum Gasteiger partial charge on any atom is -0.481 e. The highest BCUT2D eigenvalue weighted by Crippen LogP contribution is 2.38. The summed E-state index contributed by atoms with van der Waals surface area (Å²) in [6.07, 6.45) is 4.83. The number of hydrogen-bond donors (Lipinski definition) is 2. The quantitative estimate of drug-likeness (QED) is 0.268. The third-order valence-electron chi connectivity index (χ3n) is 6.41. The molecular formula is C30H20ClN5O3. The summed E-state index contributed by atoms with van der Waals surface area (Å²) in [6, 6.07) is 24.7. The van der Waals surface area contributed by atoms with Crippen LogP contribution in [-0.2, 0) is 16.0 Å². The van der Waals surface area contributed by atoms with Gasteiger partial charge in [0.15, 0.2) is 0 Å². The van der Waals surface area contributed by atoms with E-state index in [0.29, 0.717) is 33.2 Å². The maximum atomic E-state index is 12.8. The third-order valence-corrected chi connectivity index (χ3v) is 6.70. The molecule has 0 bridgehead atoms. The second-order valence-electron chi connectivity index (χ2n) is 9.00. The molecule has 2 N–H and O–H groups in total. The van der Waals surface area contributed by atoms with Gasteiger partial charge in [-0.2, -0.15) is 5.10 Å². The predicted octanol–water partition coefficient (Wildman–Crippen LogP) is 5.77. The third kappa shape index (κ3) is 4.93. The average Bonchev–Trinajstić information content (AvgIpc) is 3.58. The number of nitrogens with zero attached hydrogens (tertiary/aromatic N) is 4. The zero-order valence-electron chi connectivity index (χ0n) is 20.4. The normalized spacial score (nSPS) is 13.4. The van der Waals surface area contributed by atoms with Gasteiger partial charge >= 0.3 is 5.97 Å². The Kier molecular flexibility index (Phi) is 6.22. The fourth-order valence-electron chi connectivity index (χ4n) is 4.46. The zero-order chi connectivity index (χ0) is 26.9. The number of carbonyl (C=O) groups excluding carboxylic acids is 1. The van der Waals surface area contributed by atoms with Crippen molar-refractivity contribution in [3.63, 3.8) is 0 Å². The maximum Gasteiger partial charge on any atom is 0.307 e. The summed E-state index contributed by atoms with van der Waals surface area (Å²) in [7, 11) is 0. The summed E-state index contributed by atoms with van der Waals surface area (Å²) in [4.78, 5) is 32.5. The fraction of sp³-hybridized carbons (Fsp3) is 0.0333. The summed E-state index contributed by atoms with van der Waals surface area (Å²) in [5.41, 5.74) is 7.32. The average molecular weight is 534 g/mol. The molecule has 3 heterocycles. The van der Waals surface area contributed by atoms with Crippen molar-refractivity contribution in [2.24, 2.45) is 0 Å². The number of aromatic nitrogens is 4. The second kappa shape index (κ2) is 10.00. The van der Waals surface area contributed by atoms with Crippen molar-refractivity contribution in [1.29, 1.82) is 0 Å². The van der Waals surface area contributed by atoms with E-state index in [1.165, 1.54) is 6.33 Å². The molecule has 1 aliphatic heterocycles. The maximum absolute atomic E-state index is 12.8. The first-order valence-corrected chi connectivity index (χ1v) is 12.4. The monoisotopic (exact) mass is 533 g/mol. The van der Waals surface area contributed by atoms with Crippen LogP contribution in [-0.4, -0.2) is 36.7 Å². The zero-order valence-corrected chi connectivity index (χ0v) is 21.1. The van der Waals surface area contributed by atoms with Gasteiger partial charge < -0.3 is 10.4 Å². The van der Waals surface area contributed by atoms with E-state index in [4.69, 9.17) is 21.7 Å². The smallest absolute Gasteiger partial charge is 0.307 e. The first-order chi connectivity index (χ1) is 18.9. The van der Waals surface area contributed by atoms with Gasteiger partial charge in [0.05, 0.1) is 34.1 Å². The van der Waals surface area contributed by atoms with Crippen molar-refractivity contribution >= 4 is 40.8 Å². The number of fused-ring (bicyclic) bond motifs is 1. The molecule has 0 fully saturated rings. The SMILES string of the molecule is O=C(O)Cc1ccc(C=C2C(=O)Nc3cc(Cl)c(-c4ccc(-c5ccc(-n6cncn6)cc5)cc4)nc32)cc1. The van der Waals surface area contributed by atoms with Crippen molar-refractivity contribution in [3.05, 3.63) is 113 Å². The predicted molar refractivity (Wildman–Crippen MR) is 149 cm³/mol. The van der Waals surface area contributed by atoms with Gasteiger partial charge in [0.2, 0.25) is 0 Å². The lowest BCUT2D eigenvalue weighted by atomic mass is 10.0. The molecule has 6 rings (SSSR count). The van der Waals surface area contributed by atoms with Gasteiger partial charge in [-0.1, -0.05) is 72.3 Å². The Hall–Kier alpha value is -5.08. The lowest BCUT2D eigenvalue weighted by molar-refractivity contribution is -0.136. The number of halogens is 1. The van der Waals surface area contributed by atoms with E-state index in [9.17, 15) is 9.59 Å². The standard InChI is InChI=1S/C30H20ClN5O3/c31-25-15-26-29(24(30(39)34-26)13-18-1-3-19(4-2-18)14-27(37)38)35-28(25)22-7-5-20(6-8-22)21-9-11-23(12-10-21)36-17-32-16-33-36/h1-13,15-17H,14H2,(H,34,39)(H,37,38). The Labute approximate surface area is 228 Å². The highest BCUT2D eigenvalue weighted by atomic mass is 35.5. The number of benzene rings is 3. The summed E-state index contributed by atoms with van der Waals surface area (Å²) in [5.74, 6) is -1.17. The van der Waals surface area contributed by atoms with Crippen LogP contribution in [0.5, 0.6) is 0 Å². The van der Waals surface area contributed by atoms with Crippen LogP contribution in [0.2, 0.25) is 5.02 Å². The lowest BCUT2D eigenvalue weighted by Gasteiger charge is -2.09. The van der Waals surface area contributed by atoms with Gasteiger partial charge in [-0.05, 0) is 46.5 Å². The van der Waals surface area contributed by atoms with Crippen LogP contribution in [0.1, 0.15) is 16.8 Å². The van der Waals surface area contributed by atoms with Crippen molar-refractivity contribution in [2.45, 2.75) is 6.42 Å². The van der Waals surface area contributed by atoms with Crippen LogP contribution in [0.25, 0.3) is 39.7 Å². The largest absolute Gasteiger partial charge is 0.481 e. The molecule has 2 aromatic heterocycles. The van der Waals surface area contributed by atoms with Crippen molar-refractivity contribution < 1.29 is 14.7 Å². The van der Waals surface area contributed by atoms with Gasteiger partial charge in [-0.3, -0.25) is 9.59 Å². The van der Waals surface area contributed by atoms with Crippen molar-refractivity contribution in [1.82, 2.24) is 19.7 Å². The Morgan fingerprint density at radius 1 is 0.923 bits per heavy atom. The molecule has 3 aromatic carbocycles. The molecule has 0 saturated heterocycles. The second-order valence-corrected chi connectivity index (χ2v) is 9.41. The summed E-state index contributed by atoms with van der Waals surface area (Å²) < 4.78 is 1.70. The van der Waals surface area contributed by atoms with Crippen molar-refractivity contribution in [2.75, 3.05) is 5.32 Å². The molecule has 39 heavy (non-hydrogen) atoms. The molecule has 0 saturated carbocycles. The van der Waals surface area contributed by atoms with E-state index in [-0.39, 0.29) is 12.3 Å². The number of rotatable bonds is 6. The topological polar surface area (TPSA) is 110 Å². The van der Waals surface area contributed by atoms with E-state index < -0.39 is 5.97 Å². The van der Waals surface area contributed by atoms with Crippen LogP contribution >= 0.6 is 11.6 Å². The molecule has 190 valence electrons. The summed E-state index contributed by atoms with van der Waals surface area (Å²) >= 11 is 6.59. The molecule has 0 aliphatic carbocycles. The van der Waals surface area contributed by atoms with Gasteiger partial charge in [0.1, 0.15) is 18.3 Å². The number of aliphatic carboxylic acids is 1. The Morgan fingerprint density at radius 3 is 2.23 bits per heavy atom. The number of carboxylic acids is 1. The van der Waals surface area contributed by atoms with Crippen molar-refractivity contribution in [3.8, 4) is 28.1 Å². The molecule has 0 atom stereocenters. The van der Waals surface area contributed by atoms with E-state index in [1.54, 1.807) is 47.4 Å². The Balaban J connectivity index is 1.28. The number of hydrogen-bond acceptors (Lipinski definition) is 5. The highest BCUT2D eigenvalue weighted by molar-refractivity contribution is 6.37. The van der Waals surface area contributed by atoms with E-state index >= 15 is 0 Å². The number of amides is 1. The van der Waals surface area contributed by atoms with E-state index in [2.05, 4.69) is 15.4 Å². The molecule has 0 unspecified atom stereocenters. The van der Waals surface area contributed by atoms with Gasteiger partial charge in [0.25, 0.3) is 5.91 Å². The minimum atomic E-state index is -0.895. The molecule has 1 aliphatic rings. The lowest BCUT2D eigenvalue weighted by Crippen LogP contribution is -2.03. The molecule has 9 heteroatoms. The Morgan fingerprint density at radius 2 is 1.59 bits per heavy atom. The summed E-state index contributed by atoms with van der Waals surface area (Å²) in [5, 5.41) is 16.4. The van der Waals surface area contributed by atoms with Crippen LogP contribution in [0.15, 0.2) is 91.5 Å². The van der Waals surface area contributed by atoms with Gasteiger partial charge in [-0.15, -0.1) is 0 Å². The molecule has 5 aromatic rings. The first kappa shape index (κ1) is 24.3. The molecule has 0 spiro atoms. The Bertz CT molecular complexity index is 1730. The van der Waals surface area contributed by atoms with Crippen LogP contribution < -0.4 is 5.32 Å². The molecule has 1 amide bonds.